The maximum Gasteiger partial charge on any atom is 0.317 e. The van der Waals surface area contributed by atoms with Crippen molar-refractivity contribution in [1.29, 1.82) is 0 Å². The van der Waals surface area contributed by atoms with Crippen LogP contribution in [0.1, 0.15) is 21.8 Å². The lowest BCUT2D eigenvalue weighted by molar-refractivity contribution is -0.144. The van der Waals surface area contributed by atoms with Gasteiger partial charge in [0.2, 0.25) is 0 Å². The number of esters is 1. The molecule has 2 atom stereocenters. The van der Waals surface area contributed by atoms with E-state index in [4.69, 9.17) is 4.74 Å². The Hall–Kier alpha value is -3.20. The molecule has 3 aromatic rings. The smallest absolute Gasteiger partial charge is 0.317 e. The van der Waals surface area contributed by atoms with Crippen LogP contribution in [0.5, 0.6) is 0 Å². The number of hydrogen-bond acceptors (Lipinski definition) is 3. The van der Waals surface area contributed by atoms with E-state index in [9.17, 15) is 9.59 Å². The molecule has 0 unspecified atom stereocenters. The van der Waals surface area contributed by atoms with Gasteiger partial charge in [-0.1, -0.05) is 72.8 Å². The van der Waals surface area contributed by atoms with Gasteiger partial charge < -0.3 is 4.74 Å². The second-order valence-electron chi connectivity index (χ2n) is 6.10. The molecule has 0 spiro atoms. The van der Waals surface area contributed by atoms with Crippen LogP contribution in [-0.2, 0) is 9.53 Å². The Labute approximate surface area is 152 Å². The number of Topliss-reactive ketones (excluding diaryl/α,β-unsaturated/α-hetero) is 1. The number of benzene rings is 3. The largest absolute Gasteiger partial charge is 0.468 e. The first-order valence-corrected chi connectivity index (χ1v) is 8.44. The van der Waals surface area contributed by atoms with E-state index in [1.54, 1.807) is 12.1 Å². The van der Waals surface area contributed by atoms with Crippen molar-refractivity contribution >= 4 is 22.5 Å². The summed E-state index contributed by atoms with van der Waals surface area (Å²) in [5, 5.41) is 2.00. The van der Waals surface area contributed by atoms with E-state index < -0.39 is 17.8 Å². The lowest BCUT2D eigenvalue weighted by Gasteiger charge is -2.22. The number of hydrogen-bond donors (Lipinski definition) is 0. The number of carbonyl (C=O) groups excluding carboxylic acids is 2. The Bertz CT molecular complexity index is 944. The fraction of sp³-hybridized carbons (Fsp3) is 0.130. The molecule has 3 heteroatoms. The van der Waals surface area contributed by atoms with Crippen LogP contribution < -0.4 is 0 Å². The number of methoxy groups -OCH3 is 1. The summed E-state index contributed by atoms with van der Waals surface area (Å²) in [6.07, 6.45) is 1.63. The highest BCUT2D eigenvalue weighted by atomic mass is 16.5. The van der Waals surface area contributed by atoms with Gasteiger partial charge in [0.25, 0.3) is 0 Å². The molecule has 0 radical (unpaired) electrons. The number of fused-ring (bicyclic) bond motifs is 1. The number of ether oxygens (including phenoxy) is 1. The molecule has 3 rings (SSSR count). The van der Waals surface area contributed by atoms with Gasteiger partial charge >= 0.3 is 5.97 Å². The molecule has 0 bridgehead atoms. The first kappa shape index (κ1) is 17.6. The highest BCUT2D eigenvalue weighted by Crippen LogP contribution is 2.30. The summed E-state index contributed by atoms with van der Waals surface area (Å²) in [6.45, 7) is 3.84. The van der Waals surface area contributed by atoms with Gasteiger partial charge in [0.15, 0.2) is 5.78 Å². The van der Waals surface area contributed by atoms with Crippen LogP contribution in [0.2, 0.25) is 0 Å². The summed E-state index contributed by atoms with van der Waals surface area (Å²) in [6, 6.07) is 22.7. The molecule has 0 heterocycles. The normalized spacial score (nSPS) is 13.0. The highest BCUT2D eigenvalue weighted by Gasteiger charge is 2.35. The minimum absolute atomic E-state index is 0.267. The van der Waals surface area contributed by atoms with Gasteiger partial charge in [0.1, 0.15) is 5.92 Å². The topological polar surface area (TPSA) is 43.4 Å². The minimum Gasteiger partial charge on any atom is -0.468 e. The Morgan fingerprint density at radius 1 is 0.923 bits per heavy atom. The Balaban J connectivity index is 2.04. The maximum absolute atomic E-state index is 13.2. The van der Waals surface area contributed by atoms with E-state index in [1.807, 2.05) is 66.7 Å². The van der Waals surface area contributed by atoms with Gasteiger partial charge in [-0.2, -0.15) is 0 Å². The van der Waals surface area contributed by atoms with E-state index in [-0.39, 0.29) is 5.78 Å². The summed E-state index contributed by atoms with van der Waals surface area (Å²) >= 11 is 0. The van der Waals surface area contributed by atoms with E-state index in [1.165, 1.54) is 7.11 Å². The molecule has 130 valence electrons. The third-order valence-electron chi connectivity index (χ3n) is 4.57. The van der Waals surface area contributed by atoms with Crippen LogP contribution in [0.25, 0.3) is 10.8 Å². The average Bonchev–Trinajstić information content (AvgIpc) is 2.71. The van der Waals surface area contributed by atoms with Gasteiger partial charge in [-0.3, -0.25) is 9.59 Å². The van der Waals surface area contributed by atoms with Crippen LogP contribution >= 0.6 is 0 Å². The van der Waals surface area contributed by atoms with E-state index >= 15 is 0 Å². The SMILES string of the molecule is C=C[C@@H](c1ccccc1)[C@@H](C(=O)OC)C(=O)c1ccc2ccccc2c1. The number of carbonyl (C=O) groups is 2. The van der Waals surface area contributed by atoms with Crippen molar-refractivity contribution in [2.24, 2.45) is 5.92 Å². The summed E-state index contributed by atoms with van der Waals surface area (Å²) < 4.78 is 4.94. The Morgan fingerprint density at radius 3 is 2.23 bits per heavy atom. The highest BCUT2D eigenvalue weighted by molar-refractivity contribution is 6.11. The fourth-order valence-corrected chi connectivity index (χ4v) is 3.21. The standard InChI is InChI=1S/C23H20O3/c1-3-20(17-10-5-4-6-11-17)21(23(25)26-2)22(24)19-14-13-16-9-7-8-12-18(16)15-19/h3-15,20-21H,1H2,2H3/t20-,21+/m0/s1. The fourth-order valence-electron chi connectivity index (χ4n) is 3.21. The van der Waals surface area contributed by atoms with Crippen LogP contribution in [0.4, 0.5) is 0 Å². The number of allylic oxidation sites excluding steroid dienone is 1. The van der Waals surface area contributed by atoms with Gasteiger partial charge in [0.05, 0.1) is 7.11 Å². The monoisotopic (exact) mass is 344 g/mol. The molecule has 0 saturated carbocycles. The van der Waals surface area contributed by atoms with Crippen molar-refractivity contribution in [1.82, 2.24) is 0 Å². The zero-order chi connectivity index (χ0) is 18.5. The van der Waals surface area contributed by atoms with Crippen LogP contribution in [0.15, 0.2) is 85.5 Å². The molecule has 26 heavy (non-hydrogen) atoms. The molecular weight excluding hydrogens is 324 g/mol. The first-order valence-electron chi connectivity index (χ1n) is 8.44. The quantitative estimate of drug-likeness (QED) is 0.280. The van der Waals surface area contributed by atoms with Crippen molar-refractivity contribution in [3.05, 3.63) is 96.6 Å². The Morgan fingerprint density at radius 2 is 1.58 bits per heavy atom. The molecule has 0 aliphatic rings. The van der Waals surface area contributed by atoms with Crippen molar-refractivity contribution in [3.63, 3.8) is 0 Å². The molecule has 0 aliphatic heterocycles. The van der Waals surface area contributed by atoms with Crippen molar-refractivity contribution in [2.75, 3.05) is 7.11 Å². The second-order valence-corrected chi connectivity index (χ2v) is 6.10. The molecule has 0 aliphatic carbocycles. The van der Waals surface area contributed by atoms with Gasteiger partial charge in [-0.15, -0.1) is 6.58 Å². The lowest BCUT2D eigenvalue weighted by Crippen LogP contribution is -2.30. The summed E-state index contributed by atoms with van der Waals surface area (Å²) in [4.78, 5) is 25.7. The second kappa shape index (κ2) is 7.79. The van der Waals surface area contributed by atoms with Crippen molar-refractivity contribution in [3.8, 4) is 0 Å². The minimum atomic E-state index is -0.971. The molecule has 0 amide bonds. The molecule has 0 saturated heterocycles. The van der Waals surface area contributed by atoms with Crippen molar-refractivity contribution in [2.45, 2.75) is 5.92 Å². The lowest BCUT2D eigenvalue weighted by atomic mass is 9.81. The van der Waals surface area contributed by atoms with Gasteiger partial charge in [-0.25, -0.2) is 0 Å². The summed E-state index contributed by atoms with van der Waals surface area (Å²) in [5.41, 5.74) is 1.34. The Kier molecular flexibility index (Phi) is 5.28. The average molecular weight is 344 g/mol. The third kappa shape index (κ3) is 3.42. The molecular formula is C23H20O3. The zero-order valence-electron chi connectivity index (χ0n) is 14.6. The van der Waals surface area contributed by atoms with Crippen LogP contribution in [0.3, 0.4) is 0 Å². The number of rotatable bonds is 6. The molecule has 0 N–H and O–H groups in total. The molecule has 3 aromatic carbocycles. The third-order valence-corrected chi connectivity index (χ3v) is 4.57. The molecule has 0 fully saturated rings. The molecule has 0 aromatic heterocycles. The summed E-state index contributed by atoms with van der Waals surface area (Å²) in [5.74, 6) is -2.25. The van der Waals surface area contributed by atoms with Crippen molar-refractivity contribution < 1.29 is 14.3 Å². The number of ketones is 1. The van der Waals surface area contributed by atoms with E-state index in [0.717, 1.165) is 16.3 Å². The van der Waals surface area contributed by atoms with Gasteiger partial charge in [-0.05, 0) is 22.4 Å². The van der Waals surface area contributed by atoms with Crippen LogP contribution in [-0.4, -0.2) is 18.9 Å². The van der Waals surface area contributed by atoms with Crippen LogP contribution in [0, 0.1) is 5.92 Å². The van der Waals surface area contributed by atoms with E-state index in [0.29, 0.717) is 5.56 Å². The first-order chi connectivity index (χ1) is 12.7. The predicted octanol–water partition coefficient (Wildman–Crippen LogP) is 4.78. The summed E-state index contributed by atoms with van der Waals surface area (Å²) in [7, 11) is 1.30. The predicted molar refractivity (Wildman–Crippen MR) is 103 cm³/mol. The van der Waals surface area contributed by atoms with E-state index in [2.05, 4.69) is 6.58 Å². The zero-order valence-corrected chi connectivity index (χ0v) is 14.6. The maximum atomic E-state index is 13.2. The van der Waals surface area contributed by atoms with Gasteiger partial charge in [0, 0.05) is 11.5 Å². The molecule has 3 nitrogen and oxygen atoms in total.